The molecule has 2 heterocycles. The average Bonchev–Trinajstić information content (AvgIpc) is 3.03. The van der Waals surface area contributed by atoms with Gasteiger partial charge in [0.25, 0.3) is 0 Å². The van der Waals surface area contributed by atoms with Gasteiger partial charge >= 0.3 is 5.97 Å². The Morgan fingerprint density at radius 2 is 1.88 bits per heavy atom. The number of carbonyl (C=O) groups excluding carboxylic acids is 1. The van der Waals surface area contributed by atoms with E-state index in [1.54, 1.807) is 12.1 Å². The van der Waals surface area contributed by atoms with E-state index in [2.05, 4.69) is 0 Å². The van der Waals surface area contributed by atoms with Gasteiger partial charge in [0.2, 0.25) is 0 Å². The zero-order valence-electron chi connectivity index (χ0n) is 14.0. The van der Waals surface area contributed by atoms with Gasteiger partial charge < -0.3 is 18.9 Å². The van der Waals surface area contributed by atoms with Crippen LogP contribution in [0.4, 0.5) is 0 Å². The first-order valence-electron chi connectivity index (χ1n) is 8.17. The maximum absolute atomic E-state index is 11.6. The zero-order valence-corrected chi connectivity index (χ0v) is 15.5. The van der Waals surface area contributed by atoms with E-state index in [1.165, 1.54) is 7.11 Å². The lowest BCUT2D eigenvalue weighted by Crippen LogP contribution is -2.21. The summed E-state index contributed by atoms with van der Waals surface area (Å²) in [5.74, 6) is 1.64. The molecule has 2 aliphatic heterocycles. The van der Waals surface area contributed by atoms with Crippen LogP contribution in [0.3, 0.4) is 0 Å². The van der Waals surface area contributed by atoms with Gasteiger partial charge in [-0.2, -0.15) is 0 Å². The standard InChI is InChI=1S/C19H16Cl2O5/c1-23-19(22)5-11-8-24-15-7-17-16(6-12(11)15)25-9-18(26-17)10-2-3-13(20)14(21)4-10/h2-4,6-7,11,18H,5,8-9H2,1H3/t11-,18?/m1/s1. The van der Waals surface area contributed by atoms with Gasteiger partial charge in [0, 0.05) is 17.5 Å². The molecule has 7 heteroatoms. The Morgan fingerprint density at radius 3 is 2.65 bits per heavy atom. The lowest BCUT2D eigenvalue weighted by atomic mass is 9.97. The molecule has 0 saturated heterocycles. The van der Waals surface area contributed by atoms with Gasteiger partial charge in [-0.1, -0.05) is 29.3 Å². The van der Waals surface area contributed by atoms with Crippen molar-refractivity contribution in [3.8, 4) is 17.2 Å². The molecule has 5 nitrogen and oxygen atoms in total. The molecule has 0 bridgehead atoms. The van der Waals surface area contributed by atoms with Crippen LogP contribution in [0, 0.1) is 0 Å². The molecule has 136 valence electrons. The molecule has 0 radical (unpaired) electrons. The number of ether oxygens (including phenoxy) is 4. The number of rotatable bonds is 3. The summed E-state index contributed by atoms with van der Waals surface area (Å²) in [5, 5.41) is 0.969. The van der Waals surface area contributed by atoms with Gasteiger partial charge in [-0.25, -0.2) is 0 Å². The van der Waals surface area contributed by atoms with Gasteiger partial charge in [0.05, 0.1) is 30.2 Å². The van der Waals surface area contributed by atoms with Crippen molar-refractivity contribution in [3.63, 3.8) is 0 Å². The summed E-state index contributed by atoms with van der Waals surface area (Å²) in [5.41, 5.74) is 1.82. The summed E-state index contributed by atoms with van der Waals surface area (Å²) in [6, 6.07) is 9.08. The number of halogens is 2. The second-order valence-corrected chi connectivity index (χ2v) is 7.03. The van der Waals surface area contributed by atoms with Gasteiger partial charge in [-0.3, -0.25) is 4.79 Å². The van der Waals surface area contributed by atoms with Crippen molar-refractivity contribution < 1.29 is 23.7 Å². The van der Waals surface area contributed by atoms with Gasteiger partial charge in [-0.05, 0) is 23.8 Å². The van der Waals surface area contributed by atoms with E-state index in [1.807, 2.05) is 18.2 Å². The fraction of sp³-hybridized carbons (Fsp3) is 0.316. The highest BCUT2D eigenvalue weighted by Gasteiger charge is 2.31. The Hall–Kier alpha value is -2.11. The van der Waals surface area contributed by atoms with E-state index in [9.17, 15) is 4.79 Å². The van der Waals surface area contributed by atoms with Crippen LogP contribution in [-0.2, 0) is 9.53 Å². The first-order chi connectivity index (χ1) is 12.5. The molecule has 0 spiro atoms. The first-order valence-corrected chi connectivity index (χ1v) is 8.92. The number of methoxy groups -OCH3 is 1. The third-order valence-corrected chi connectivity index (χ3v) is 5.31. The first kappa shape index (κ1) is 17.3. The summed E-state index contributed by atoms with van der Waals surface area (Å²) in [6.45, 7) is 0.788. The van der Waals surface area contributed by atoms with Crippen molar-refractivity contribution in [2.75, 3.05) is 20.3 Å². The van der Waals surface area contributed by atoms with E-state index in [0.717, 1.165) is 11.1 Å². The maximum Gasteiger partial charge on any atom is 0.306 e. The van der Waals surface area contributed by atoms with Gasteiger partial charge in [-0.15, -0.1) is 0 Å². The summed E-state index contributed by atoms with van der Waals surface area (Å²) >= 11 is 12.1. The Bertz CT molecular complexity index is 867. The predicted octanol–water partition coefficient (Wildman–Crippen LogP) is 4.55. The molecule has 2 atom stereocenters. The largest absolute Gasteiger partial charge is 0.492 e. The Balaban J connectivity index is 1.57. The molecule has 0 aliphatic carbocycles. The highest BCUT2D eigenvalue weighted by atomic mass is 35.5. The number of carbonyl (C=O) groups is 1. The van der Waals surface area contributed by atoms with Crippen molar-refractivity contribution >= 4 is 29.2 Å². The summed E-state index contributed by atoms with van der Waals surface area (Å²) in [7, 11) is 1.38. The lowest BCUT2D eigenvalue weighted by molar-refractivity contribution is -0.141. The fourth-order valence-electron chi connectivity index (χ4n) is 3.17. The molecule has 0 saturated carbocycles. The summed E-state index contributed by atoms with van der Waals surface area (Å²) < 4.78 is 22.4. The van der Waals surface area contributed by atoms with Crippen LogP contribution >= 0.6 is 23.2 Å². The quantitative estimate of drug-likeness (QED) is 0.714. The molecule has 1 unspecified atom stereocenters. The van der Waals surface area contributed by atoms with Crippen molar-refractivity contribution in [1.29, 1.82) is 0 Å². The van der Waals surface area contributed by atoms with Crippen molar-refractivity contribution in [3.05, 3.63) is 51.5 Å². The predicted molar refractivity (Wildman–Crippen MR) is 96.6 cm³/mol. The normalized spacial score (nSPS) is 20.3. The highest BCUT2D eigenvalue weighted by Crippen LogP contribution is 2.46. The minimum atomic E-state index is -0.289. The number of benzene rings is 2. The van der Waals surface area contributed by atoms with Crippen LogP contribution in [0.25, 0.3) is 0 Å². The molecule has 0 N–H and O–H groups in total. The second kappa shape index (κ2) is 6.89. The minimum Gasteiger partial charge on any atom is -0.492 e. The molecule has 0 amide bonds. The van der Waals surface area contributed by atoms with Crippen molar-refractivity contribution in [1.82, 2.24) is 0 Å². The SMILES string of the molecule is COC(=O)C[C@@H]1COc2cc3c(cc21)OCC(c1ccc(Cl)c(Cl)c1)O3. The molecule has 0 fully saturated rings. The van der Waals surface area contributed by atoms with Crippen LogP contribution < -0.4 is 14.2 Å². The van der Waals surface area contributed by atoms with Crippen molar-refractivity contribution in [2.24, 2.45) is 0 Å². The summed E-state index contributed by atoms with van der Waals surface area (Å²) in [4.78, 5) is 11.6. The summed E-state index contributed by atoms with van der Waals surface area (Å²) in [6.07, 6.45) is -0.0164. The zero-order chi connectivity index (χ0) is 18.3. The monoisotopic (exact) mass is 394 g/mol. The molecule has 2 aromatic rings. The van der Waals surface area contributed by atoms with Crippen LogP contribution in [0.15, 0.2) is 30.3 Å². The number of fused-ring (bicyclic) bond motifs is 2. The average molecular weight is 395 g/mol. The highest BCUT2D eigenvalue weighted by molar-refractivity contribution is 6.42. The van der Waals surface area contributed by atoms with Gasteiger partial charge in [0.1, 0.15) is 12.4 Å². The van der Waals surface area contributed by atoms with E-state index >= 15 is 0 Å². The van der Waals surface area contributed by atoms with Crippen LogP contribution in [0.5, 0.6) is 17.2 Å². The van der Waals surface area contributed by atoms with Crippen LogP contribution in [0.1, 0.15) is 29.6 Å². The van der Waals surface area contributed by atoms with Crippen molar-refractivity contribution in [2.45, 2.75) is 18.4 Å². The third-order valence-electron chi connectivity index (χ3n) is 4.57. The Morgan fingerprint density at radius 1 is 1.08 bits per heavy atom. The minimum absolute atomic E-state index is 0.0425. The topological polar surface area (TPSA) is 54.0 Å². The molecule has 2 aliphatic rings. The number of hydrogen-bond donors (Lipinski definition) is 0. The van der Waals surface area contributed by atoms with E-state index in [0.29, 0.717) is 40.5 Å². The van der Waals surface area contributed by atoms with E-state index in [4.69, 9.17) is 42.1 Å². The fourth-order valence-corrected chi connectivity index (χ4v) is 3.48. The van der Waals surface area contributed by atoms with E-state index < -0.39 is 0 Å². The number of esters is 1. The lowest BCUT2D eigenvalue weighted by Gasteiger charge is -2.27. The van der Waals surface area contributed by atoms with Crippen LogP contribution in [-0.4, -0.2) is 26.3 Å². The Labute approximate surface area is 160 Å². The maximum atomic E-state index is 11.6. The molecule has 2 aromatic carbocycles. The Kier molecular flexibility index (Phi) is 4.59. The van der Waals surface area contributed by atoms with Gasteiger partial charge in [0.15, 0.2) is 17.6 Å². The molecule has 4 rings (SSSR count). The van der Waals surface area contributed by atoms with Crippen LogP contribution in [0.2, 0.25) is 10.0 Å². The number of hydrogen-bond acceptors (Lipinski definition) is 5. The molecule has 0 aromatic heterocycles. The van der Waals surface area contributed by atoms with E-state index in [-0.39, 0.29) is 24.4 Å². The molecule has 26 heavy (non-hydrogen) atoms. The smallest absolute Gasteiger partial charge is 0.306 e. The molecular formula is C19H16Cl2O5. The third kappa shape index (κ3) is 3.17. The second-order valence-electron chi connectivity index (χ2n) is 6.22. The molecular weight excluding hydrogens is 379 g/mol.